The lowest BCUT2D eigenvalue weighted by Gasteiger charge is -2.16. The summed E-state index contributed by atoms with van der Waals surface area (Å²) in [6.07, 6.45) is -3.06. The summed E-state index contributed by atoms with van der Waals surface area (Å²) in [5.74, 6) is 0. The summed E-state index contributed by atoms with van der Waals surface area (Å²) >= 11 is 0. The van der Waals surface area contributed by atoms with Gasteiger partial charge in [0.15, 0.2) is 17.4 Å². The van der Waals surface area contributed by atoms with Crippen molar-refractivity contribution in [2.45, 2.75) is 31.1 Å². The molecule has 31 heavy (non-hydrogen) atoms. The summed E-state index contributed by atoms with van der Waals surface area (Å²) in [6.45, 7) is -0.522. The first kappa shape index (κ1) is 21.6. The largest absolute Gasteiger partial charge is 0.469 e. The van der Waals surface area contributed by atoms with Gasteiger partial charge in [0, 0.05) is 0 Å². The first-order valence-electron chi connectivity index (χ1n) is 9.07. The van der Waals surface area contributed by atoms with Crippen molar-refractivity contribution < 1.29 is 38.7 Å². The van der Waals surface area contributed by atoms with E-state index in [9.17, 15) is 19.6 Å². The predicted molar refractivity (Wildman–Crippen MR) is 102 cm³/mol. The van der Waals surface area contributed by atoms with Crippen LogP contribution in [0.5, 0.6) is 0 Å². The predicted octanol–water partition coefficient (Wildman–Crippen LogP) is -1.05. The van der Waals surface area contributed by atoms with Crippen LogP contribution in [0.25, 0.3) is 11.2 Å². The highest BCUT2D eigenvalue weighted by Gasteiger charge is 2.45. The Hall–Kier alpha value is -2.64. The third-order valence-electron chi connectivity index (χ3n) is 4.69. The van der Waals surface area contributed by atoms with E-state index < -0.39 is 44.5 Å². The number of rotatable bonds is 7. The molecule has 0 amide bonds. The molecule has 14 heteroatoms. The maximum absolute atomic E-state index is 12.7. The smallest absolute Gasteiger partial charge is 0.404 e. The number of phosphoric acid groups is 1. The zero-order valence-corrected chi connectivity index (χ0v) is 16.7. The van der Waals surface area contributed by atoms with E-state index in [1.165, 1.54) is 10.9 Å². The number of aromatic nitrogens is 4. The third kappa shape index (κ3) is 4.52. The molecule has 1 aromatic carbocycles. The molecule has 1 aliphatic rings. The van der Waals surface area contributed by atoms with Crippen LogP contribution in [0.2, 0.25) is 0 Å². The minimum atomic E-state index is -4.79. The summed E-state index contributed by atoms with van der Waals surface area (Å²) in [5, 5.41) is 20.4. The highest BCUT2D eigenvalue weighted by Crippen LogP contribution is 2.38. The van der Waals surface area contributed by atoms with Crippen molar-refractivity contribution in [3.8, 4) is 0 Å². The Balaban J connectivity index is 1.54. The lowest BCUT2D eigenvalue weighted by molar-refractivity contribution is -0.0504. The fourth-order valence-electron chi connectivity index (χ4n) is 3.16. The third-order valence-corrected chi connectivity index (χ3v) is 5.17. The van der Waals surface area contributed by atoms with Crippen LogP contribution in [0, 0.1) is 0 Å². The molecule has 1 fully saturated rings. The Morgan fingerprint density at radius 3 is 2.55 bits per heavy atom. The lowest BCUT2D eigenvalue weighted by atomic mass is 10.1. The van der Waals surface area contributed by atoms with Gasteiger partial charge < -0.3 is 29.6 Å². The van der Waals surface area contributed by atoms with E-state index >= 15 is 0 Å². The van der Waals surface area contributed by atoms with Gasteiger partial charge in [-0.05, 0) is 5.56 Å². The topological polar surface area (TPSA) is 178 Å². The summed E-state index contributed by atoms with van der Waals surface area (Å²) in [5.41, 5.74) is 0.266. The Labute approximate surface area is 174 Å². The van der Waals surface area contributed by atoms with Gasteiger partial charge >= 0.3 is 13.4 Å². The van der Waals surface area contributed by atoms with Crippen LogP contribution in [-0.2, 0) is 20.4 Å². The zero-order valence-electron chi connectivity index (χ0n) is 15.8. The van der Waals surface area contributed by atoms with E-state index in [1.807, 2.05) is 30.3 Å². The van der Waals surface area contributed by atoms with Crippen molar-refractivity contribution in [3.05, 3.63) is 58.9 Å². The SMILES string of the molecule is O=c1c2ncn([C@@H]3O[C@H](COP(=O)(O)O)[C@@H](O)[C@@H]3O)c2ncn1OCc1ccccc1. The van der Waals surface area contributed by atoms with Crippen LogP contribution in [0.3, 0.4) is 0 Å². The Kier molecular flexibility index (Phi) is 5.90. The molecule has 4 atom stereocenters. The standard InChI is InChI=1S/C17H19N4O9P/c22-13-11(7-29-31(25,26)27)30-17(14(13)23)20-8-18-12-15(20)19-9-21(16(12)24)28-6-10-4-2-1-3-5-10/h1-5,8-9,11,13-14,17,22-23H,6-7H2,(H2,25,26,27)/t11-,13-,14+,17-/m1/s1. The maximum atomic E-state index is 12.7. The van der Waals surface area contributed by atoms with Crippen molar-refractivity contribution >= 4 is 19.0 Å². The summed E-state index contributed by atoms with van der Waals surface area (Å²) < 4.78 is 22.9. The van der Waals surface area contributed by atoms with Crippen molar-refractivity contribution in [3.63, 3.8) is 0 Å². The van der Waals surface area contributed by atoms with E-state index in [-0.39, 0.29) is 17.8 Å². The number of benzene rings is 1. The lowest BCUT2D eigenvalue weighted by Crippen LogP contribution is -2.33. The van der Waals surface area contributed by atoms with Crippen molar-refractivity contribution in [1.82, 2.24) is 19.3 Å². The maximum Gasteiger partial charge on any atom is 0.469 e. The van der Waals surface area contributed by atoms with Crippen LogP contribution in [-0.4, -0.2) is 64.2 Å². The Morgan fingerprint density at radius 1 is 1.10 bits per heavy atom. The number of imidazole rings is 1. The second kappa shape index (κ2) is 8.48. The number of aliphatic hydroxyl groups is 2. The number of ether oxygens (including phenoxy) is 1. The fourth-order valence-corrected chi connectivity index (χ4v) is 3.50. The molecule has 1 aliphatic heterocycles. The minimum absolute atomic E-state index is 0.0595. The van der Waals surface area contributed by atoms with Gasteiger partial charge in [0.05, 0.1) is 12.9 Å². The molecule has 13 nitrogen and oxygen atoms in total. The van der Waals surface area contributed by atoms with Crippen LogP contribution >= 0.6 is 7.82 Å². The molecular formula is C17H19N4O9P. The van der Waals surface area contributed by atoms with Crippen molar-refractivity contribution in [2.24, 2.45) is 0 Å². The van der Waals surface area contributed by atoms with Gasteiger partial charge in [-0.3, -0.25) is 13.9 Å². The number of hydrogen-bond donors (Lipinski definition) is 4. The van der Waals surface area contributed by atoms with Gasteiger partial charge in [-0.15, -0.1) is 4.73 Å². The van der Waals surface area contributed by atoms with Crippen LogP contribution in [0.15, 0.2) is 47.8 Å². The van der Waals surface area contributed by atoms with E-state index in [2.05, 4.69) is 14.5 Å². The zero-order chi connectivity index (χ0) is 22.2. The molecule has 4 N–H and O–H groups in total. The normalized spacial score (nSPS) is 24.0. The molecule has 0 unspecified atom stereocenters. The van der Waals surface area contributed by atoms with Gasteiger partial charge in [-0.2, -0.15) is 0 Å². The monoisotopic (exact) mass is 454 g/mol. The molecule has 0 aliphatic carbocycles. The van der Waals surface area contributed by atoms with E-state index in [1.54, 1.807) is 0 Å². The van der Waals surface area contributed by atoms with Crippen LogP contribution in [0.4, 0.5) is 0 Å². The molecule has 4 rings (SSSR count). The molecule has 2 aromatic heterocycles. The van der Waals surface area contributed by atoms with Gasteiger partial charge in [0.1, 0.15) is 31.2 Å². The highest BCUT2D eigenvalue weighted by molar-refractivity contribution is 7.46. The molecule has 3 heterocycles. The number of nitrogens with zero attached hydrogens (tertiary/aromatic N) is 4. The summed E-state index contributed by atoms with van der Waals surface area (Å²) in [6, 6.07) is 9.20. The number of phosphoric ester groups is 1. The highest BCUT2D eigenvalue weighted by atomic mass is 31.2. The average molecular weight is 454 g/mol. The van der Waals surface area contributed by atoms with Crippen molar-refractivity contribution in [1.29, 1.82) is 0 Å². The average Bonchev–Trinajstić information content (AvgIpc) is 3.28. The summed E-state index contributed by atoms with van der Waals surface area (Å²) in [4.78, 5) is 43.9. The van der Waals surface area contributed by atoms with Crippen molar-refractivity contribution in [2.75, 3.05) is 6.61 Å². The molecule has 1 saturated heterocycles. The molecule has 0 radical (unpaired) electrons. The first-order chi connectivity index (χ1) is 14.7. The van der Waals surface area contributed by atoms with Crippen LogP contribution in [0.1, 0.15) is 11.8 Å². The number of aliphatic hydroxyl groups excluding tert-OH is 2. The number of hydrogen-bond acceptors (Lipinski definition) is 9. The quantitative estimate of drug-likeness (QED) is 0.320. The second-order valence-corrected chi connectivity index (χ2v) is 8.03. The van der Waals surface area contributed by atoms with E-state index in [0.29, 0.717) is 0 Å². The Bertz CT molecular complexity index is 1160. The van der Waals surface area contributed by atoms with Gasteiger partial charge in [-0.1, -0.05) is 30.3 Å². The Morgan fingerprint density at radius 2 is 1.84 bits per heavy atom. The van der Waals surface area contributed by atoms with Gasteiger partial charge in [0.2, 0.25) is 0 Å². The van der Waals surface area contributed by atoms with E-state index in [4.69, 9.17) is 19.4 Å². The molecular weight excluding hydrogens is 435 g/mol. The minimum Gasteiger partial charge on any atom is -0.404 e. The molecule has 0 bridgehead atoms. The van der Waals surface area contributed by atoms with Gasteiger partial charge in [-0.25, -0.2) is 14.5 Å². The molecule has 166 valence electrons. The second-order valence-electron chi connectivity index (χ2n) is 6.79. The molecule has 0 spiro atoms. The van der Waals surface area contributed by atoms with Gasteiger partial charge in [0.25, 0.3) is 0 Å². The van der Waals surface area contributed by atoms with Crippen LogP contribution < -0.4 is 10.4 Å². The summed E-state index contributed by atoms with van der Waals surface area (Å²) in [7, 11) is -4.79. The molecule has 3 aromatic rings. The first-order valence-corrected chi connectivity index (χ1v) is 10.6. The molecule has 0 saturated carbocycles. The fraction of sp³-hybridized carbons (Fsp3) is 0.353. The number of fused-ring (bicyclic) bond motifs is 1. The van der Waals surface area contributed by atoms with E-state index in [0.717, 1.165) is 16.6 Å².